The monoisotopic (exact) mass is 199 g/mol. The number of aliphatic carboxylic acids is 1. The average Bonchev–Trinajstić information content (AvgIpc) is 2.55. The molecule has 0 amide bonds. The largest absolute Gasteiger partial charge is 0.481 e. The minimum absolute atomic E-state index is 0.0260. The van der Waals surface area contributed by atoms with Gasteiger partial charge in [-0.25, -0.2) is 0 Å². The molecule has 1 heterocycles. The lowest BCUT2D eigenvalue weighted by Crippen LogP contribution is -1.99. The van der Waals surface area contributed by atoms with E-state index in [4.69, 9.17) is 9.94 Å². The van der Waals surface area contributed by atoms with Gasteiger partial charge in [0.15, 0.2) is 0 Å². The van der Waals surface area contributed by atoms with Gasteiger partial charge >= 0.3 is 5.97 Å². The van der Waals surface area contributed by atoms with Crippen molar-refractivity contribution in [1.29, 1.82) is 0 Å². The van der Waals surface area contributed by atoms with Crippen LogP contribution in [0.3, 0.4) is 0 Å². The van der Waals surface area contributed by atoms with E-state index >= 15 is 0 Å². The molecule has 0 unspecified atom stereocenters. The lowest BCUT2D eigenvalue weighted by molar-refractivity contribution is -0.138. The predicted molar refractivity (Wildman–Crippen MR) is 50.1 cm³/mol. The Labute approximate surface area is 79.5 Å². The molecule has 1 aromatic heterocycles. The zero-order valence-electron chi connectivity index (χ0n) is 6.84. The molecule has 1 aromatic rings. The van der Waals surface area contributed by atoms with Crippen LogP contribution in [0, 0.1) is 0 Å². The van der Waals surface area contributed by atoms with Crippen molar-refractivity contribution in [2.45, 2.75) is 6.42 Å². The minimum atomic E-state index is -0.883. The Morgan fingerprint density at radius 2 is 2.62 bits per heavy atom. The molecule has 1 rings (SSSR count). The first-order valence-corrected chi connectivity index (χ1v) is 4.57. The van der Waals surface area contributed by atoms with Crippen LogP contribution in [0.4, 0.5) is 0 Å². The zero-order chi connectivity index (χ0) is 9.52. The first kappa shape index (κ1) is 9.73. The van der Waals surface area contributed by atoms with E-state index in [0.717, 1.165) is 4.88 Å². The third-order valence-electron chi connectivity index (χ3n) is 1.20. The molecule has 5 heteroatoms. The number of carboxylic acids is 1. The molecule has 1 N–H and O–H groups in total. The predicted octanol–water partition coefficient (Wildman–Crippen LogP) is 1.57. The summed E-state index contributed by atoms with van der Waals surface area (Å²) in [6.07, 6.45) is 1.54. The third kappa shape index (κ3) is 4.27. The van der Waals surface area contributed by atoms with Crippen LogP contribution >= 0.6 is 11.3 Å². The first-order chi connectivity index (χ1) is 6.29. The topological polar surface area (TPSA) is 58.9 Å². The highest BCUT2D eigenvalue weighted by Crippen LogP contribution is 2.04. The van der Waals surface area contributed by atoms with Gasteiger partial charge in [-0.05, 0) is 11.4 Å². The molecule has 0 aromatic carbocycles. The van der Waals surface area contributed by atoms with Crippen molar-refractivity contribution >= 4 is 23.5 Å². The van der Waals surface area contributed by atoms with Crippen molar-refractivity contribution in [3.05, 3.63) is 22.4 Å². The number of nitrogens with zero attached hydrogens (tertiary/aromatic N) is 1. The smallest absolute Gasteiger partial charge is 0.306 e. The van der Waals surface area contributed by atoms with E-state index in [1.54, 1.807) is 17.6 Å². The maximum absolute atomic E-state index is 10.1. The molecule has 0 bridgehead atoms. The number of carbonyl (C=O) groups is 1. The molecule has 0 aliphatic heterocycles. The molecule has 0 atom stereocenters. The number of rotatable bonds is 5. The Kier molecular flexibility index (Phi) is 3.98. The Balaban J connectivity index is 2.16. The Bertz CT molecular complexity index is 282. The van der Waals surface area contributed by atoms with Gasteiger partial charge in [-0.15, -0.1) is 11.3 Å². The SMILES string of the molecule is O=C(O)CCO/N=C/c1cccs1. The van der Waals surface area contributed by atoms with Crippen molar-refractivity contribution in [2.24, 2.45) is 5.16 Å². The van der Waals surface area contributed by atoms with Gasteiger partial charge in [0.2, 0.25) is 0 Å². The Hall–Kier alpha value is -1.36. The van der Waals surface area contributed by atoms with Crippen molar-refractivity contribution < 1.29 is 14.7 Å². The maximum Gasteiger partial charge on any atom is 0.306 e. The lowest BCUT2D eigenvalue weighted by Gasteiger charge is -1.93. The van der Waals surface area contributed by atoms with E-state index in [1.165, 1.54) is 0 Å². The first-order valence-electron chi connectivity index (χ1n) is 3.69. The fourth-order valence-corrected chi connectivity index (χ4v) is 1.21. The molecule has 4 nitrogen and oxygen atoms in total. The molecule has 0 aliphatic carbocycles. The summed E-state index contributed by atoms with van der Waals surface area (Å²) in [5, 5.41) is 13.8. The summed E-state index contributed by atoms with van der Waals surface area (Å²) in [5.74, 6) is -0.883. The van der Waals surface area contributed by atoms with Crippen LogP contribution in [0.2, 0.25) is 0 Å². The third-order valence-corrected chi connectivity index (χ3v) is 2.01. The van der Waals surface area contributed by atoms with Gasteiger partial charge in [0.25, 0.3) is 0 Å². The van der Waals surface area contributed by atoms with Crippen LogP contribution in [0.1, 0.15) is 11.3 Å². The fourth-order valence-electron chi connectivity index (χ4n) is 0.640. The summed E-state index contributed by atoms with van der Waals surface area (Å²) in [4.78, 5) is 15.8. The molecule has 0 aliphatic rings. The van der Waals surface area contributed by atoms with Gasteiger partial charge < -0.3 is 9.94 Å². The lowest BCUT2D eigenvalue weighted by atomic mass is 10.5. The Morgan fingerprint density at radius 3 is 3.23 bits per heavy atom. The van der Waals surface area contributed by atoms with E-state index in [9.17, 15) is 4.79 Å². The van der Waals surface area contributed by atoms with E-state index in [-0.39, 0.29) is 13.0 Å². The van der Waals surface area contributed by atoms with Gasteiger partial charge in [0, 0.05) is 4.88 Å². The fraction of sp³-hybridized carbons (Fsp3) is 0.250. The molecule has 0 saturated heterocycles. The molecular formula is C8H9NO3S. The average molecular weight is 199 g/mol. The van der Waals surface area contributed by atoms with Crippen molar-refractivity contribution in [1.82, 2.24) is 0 Å². The summed E-state index contributed by atoms with van der Waals surface area (Å²) in [6, 6.07) is 3.80. The van der Waals surface area contributed by atoms with Crippen LogP contribution in [-0.4, -0.2) is 23.9 Å². The second-order valence-electron chi connectivity index (χ2n) is 2.23. The van der Waals surface area contributed by atoms with Crippen LogP contribution in [0.5, 0.6) is 0 Å². The molecule has 0 fully saturated rings. The molecule has 0 saturated carbocycles. The van der Waals surface area contributed by atoms with Gasteiger partial charge in [-0.2, -0.15) is 0 Å². The second kappa shape index (κ2) is 5.31. The standard InChI is InChI=1S/C8H9NO3S/c10-8(11)3-4-12-9-6-7-2-1-5-13-7/h1-2,5-6H,3-4H2,(H,10,11)/b9-6+. The van der Waals surface area contributed by atoms with E-state index in [2.05, 4.69) is 5.16 Å². The minimum Gasteiger partial charge on any atom is -0.481 e. The number of oxime groups is 1. The van der Waals surface area contributed by atoms with Crippen LogP contribution in [0.15, 0.2) is 22.7 Å². The Morgan fingerprint density at radius 1 is 1.77 bits per heavy atom. The molecule has 13 heavy (non-hydrogen) atoms. The van der Waals surface area contributed by atoms with Gasteiger partial charge in [-0.1, -0.05) is 11.2 Å². The second-order valence-corrected chi connectivity index (χ2v) is 3.21. The van der Waals surface area contributed by atoms with Crippen LogP contribution < -0.4 is 0 Å². The summed E-state index contributed by atoms with van der Waals surface area (Å²) in [7, 11) is 0. The molecule has 70 valence electrons. The number of hydrogen-bond donors (Lipinski definition) is 1. The summed E-state index contributed by atoms with van der Waals surface area (Å²) in [5.41, 5.74) is 0. The summed E-state index contributed by atoms with van der Waals surface area (Å²) >= 11 is 1.54. The highest BCUT2D eigenvalue weighted by molar-refractivity contribution is 7.11. The number of thiophene rings is 1. The normalized spacial score (nSPS) is 10.5. The highest BCUT2D eigenvalue weighted by atomic mass is 32.1. The molecule has 0 spiro atoms. The summed E-state index contributed by atoms with van der Waals surface area (Å²) < 4.78 is 0. The highest BCUT2D eigenvalue weighted by Gasteiger charge is 1.94. The molecular weight excluding hydrogens is 190 g/mol. The number of carboxylic acid groups (broad SMARTS) is 1. The van der Waals surface area contributed by atoms with Crippen molar-refractivity contribution in [2.75, 3.05) is 6.61 Å². The summed E-state index contributed by atoms with van der Waals surface area (Å²) in [6.45, 7) is 0.108. The van der Waals surface area contributed by atoms with Gasteiger partial charge in [0.05, 0.1) is 12.6 Å². The number of hydrogen-bond acceptors (Lipinski definition) is 4. The van der Waals surface area contributed by atoms with E-state index < -0.39 is 5.97 Å². The van der Waals surface area contributed by atoms with Gasteiger partial charge in [0.1, 0.15) is 6.61 Å². The maximum atomic E-state index is 10.1. The van der Waals surface area contributed by atoms with E-state index in [1.807, 2.05) is 17.5 Å². The quantitative estimate of drug-likeness (QED) is 0.445. The van der Waals surface area contributed by atoms with Crippen LogP contribution in [-0.2, 0) is 9.63 Å². The van der Waals surface area contributed by atoms with Crippen LogP contribution in [0.25, 0.3) is 0 Å². The van der Waals surface area contributed by atoms with Crippen molar-refractivity contribution in [3.8, 4) is 0 Å². The zero-order valence-corrected chi connectivity index (χ0v) is 7.66. The van der Waals surface area contributed by atoms with Crippen molar-refractivity contribution in [3.63, 3.8) is 0 Å². The molecule has 0 radical (unpaired) electrons. The van der Waals surface area contributed by atoms with Gasteiger partial charge in [-0.3, -0.25) is 4.79 Å². The van der Waals surface area contributed by atoms with E-state index in [0.29, 0.717) is 0 Å².